The molecular formula is C20H20F5N7O. The lowest BCUT2D eigenvalue weighted by Gasteiger charge is -2.11. The number of aromatic nitrogens is 4. The number of nitrogens with one attached hydrogen (secondary N) is 3. The molecule has 13 heteroatoms. The predicted molar refractivity (Wildman–Crippen MR) is 110 cm³/mol. The summed E-state index contributed by atoms with van der Waals surface area (Å²) in [5.74, 6) is -2.61. The molecule has 0 spiro atoms. The van der Waals surface area contributed by atoms with Crippen molar-refractivity contribution < 1.29 is 26.7 Å². The van der Waals surface area contributed by atoms with Gasteiger partial charge >= 0.3 is 6.18 Å². The molecule has 8 nitrogen and oxygen atoms in total. The summed E-state index contributed by atoms with van der Waals surface area (Å²) in [4.78, 5) is 16.8. The molecule has 1 aromatic carbocycles. The van der Waals surface area contributed by atoms with Crippen LogP contribution in [0, 0.1) is 17.6 Å². The highest BCUT2D eigenvalue weighted by atomic mass is 19.4. The Balaban J connectivity index is 1.84. The zero-order chi connectivity index (χ0) is 24.3. The molecule has 176 valence electrons. The lowest BCUT2D eigenvalue weighted by Crippen LogP contribution is -2.37. The maximum absolute atomic E-state index is 13.5. The number of anilines is 1. The summed E-state index contributed by atoms with van der Waals surface area (Å²) < 4.78 is 67.5. The number of hydrogen-bond donors (Lipinski definition) is 3. The van der Waals surface area contributed by atoms with Crippen LogP contribution in [-0.4, -0.2) is 38.4 Å². The zero-order valence-corrected chi connectivity index (χ0v) is 17.8. The maximum Gasteiger partial charge on any atom is 0.435 e. The molecule has 3 aromatic rings. The SMILES string of the molecule is CC(C)CN=C(NC(=O)c1cn(C)nc1C(F)(F)F)Nc1cc(-c2cc(F)cc(F)c2)[nH]n1. The molecule has 0 aliphatic heterocycles. The molecule has 0 unspecified atom stereocenters. The Hall–Kier alpha value is -3.77. The lowest BCUT2D eigenvalue weighted by molar-refractivity contribution is -0.141. The van der Waals surface area contributed by atoms with E-state index in [4.69, 9.17) is 0 Å². The van der Waals surface area contributed by atoms with Gasteiger partial charge in [0, 0.05) is 37.5 Å². The van der Waals surface area contributed by atoms with Crippen LogP contribution in [0.25, 0.3) is 11.3 Å². The summed E-state index contributed by atoms with van der Waals surface area (Å²) in [5.41, 5.74) is -1.57. The molecule has 1 amide bonds. The van der Waals surface area contributed by atoms with E-state index in [0.717, 1.165) is 29.1 Å². The van der Waals surface area contributed by atoms with Gasteiger partial charge in [-0.2, -0.15) is 23.4 Å². The average Bonchev–Trinajstić information content (AvgIpc) is 3.32. The van der Waals surface area contributed by atoms with Crippen molar-refractivity contribution in [1.29, 1.82) is 0 Å². The monoisotopic (exact) mass is 469 g/mol. The van der Waals surface area contributed by atoms with Crippen molar-refractivity contribution >= 4 is 17.7 Å². The number of benzene rings is 1. The highest BCUT2D eigenvalue weighted by Gasteiger charge is 2.39. The van der Waals surface area contributed by atoms with Gasteiger partial charge in [0.15, 0.2) is 11.5 Å². The van der Waals surface area contributed by atoms with Crippen LogP contribution in [-0.2, 0) is 13.2 Å². The third-order valence-electron chi connectivity index (χ3n) is 4.19. The Kier molecular flexibility index (Phi) is 6.79. The van der Waals surface area contributed by atoms with Crippen molar-refractivity contribution in [3.8, 4) is 11.3 Å². The summed E-state index contributed by atoms with van der Waals surface area (Å²) in [6, 6.07) is 4.31. The Bertz CT molecular complexity index is 1160. The molecule has 0 aliphatic carbocycles. The minimum absolute atomic E-state index is 0.0767. The van der Waals surface area contributed by atoms with Gasteiger partial charge < -0.3 is 5.32 Å². The second-order valence-electron chi connectivity index (χ2n) is 7.55. The van der Waals surface area contributed by atoms with Gasteiger partial charge in [-0.05, 0) is 18.1 Å². The van der Waals surface area contributed by atoms with Crippen LogP contribution in [0.4, 0.5) is 27.8 Å². The molecule has 0 saturated heterocycles. The minimum atomic E-state index is -4.83. The van der Waals surface area contributed by atoms with E-state index in [2.05, 4.69) is 30.9 Å². The van der Waals surface area contributed by atoms with Crippen LogP contribution < -0.4 is 10.6 Å². The average molecular weight is 469 g/mol. The number of carbonyl (C=O) groups is 1. The van der Waals surface area contributed by atoms with Gasteiger partial charge in [-0.3, -0.25) is 24.9 Å². The Labute approximate surface area is 184 Å². The first-order valence-corrected chi connectivity index (χ1v) is 9.68. The number of aryl methyl sites for hydroxylation is 1. The van der Waals surface area contributed by atoms with Crippen LogP contribution in [0.2, 0.25) is 0 Å². The molecule has 2 aromatic heterocycles. The molecule has 0 fully saturated rings. The topological polar surface area (TPSA) is 100.0 Å². The predicted octanol–water partition coefficient (Wildman–Crippen LogP) is 3.96. The van der Waals surface area contributed by atoms with E-state index in [1.165, 1.54) is 13.1 Å². The summed E-state index contributed by atoms with van der Waals surface area (Å²) in [6.07, 6.45) is -3.88. The smallest absolute Gasteiger partial charge is 0.309 e. The van der Waals surface area contributed by atoms with Crippen molar-refractivity contribution in [1.82, 2.24) is 25.3 Å². The number of carbonyl (C=O) groups excluding carboxylic acids is 1. The van der Waals surface area contributed by atoms with Crippen molar-refractivity contribution in [2.45, 2.75) is 20.0 Å². The van der Waals surface area contributed by atoms with E-state index in [9.17, 15) is 26.7 Å². The maximum atomic E-state index is 13.5. The van der Waals surface area contributed by atoms with Crippen molar-refractivity contribution in [2.24, 2.45) is 18.0 Å². The van der Waals surface area contributed by atoms with E-state index < -0.39 is 35.0 Å². The van der Waals surface area contributed by atoms with Crippen molar-refractivity contribution in [3.63, 3.8) is 0 Å². The number of alkyl halides is 3. The fourth-order valence-corrected chi connectivity index (χ4v) is 2.79. The standard InChI is InChI=1S/C20H20F5N7O/c1-10(2)8-26-19(28-18(33)14-9-32(3)31-17(14)20(23,24)25)27-16-7-15(29-30-16)11-4-12(21)6-13(22)5-11/h4-7,9-10H,8H2,1-3H3,(H3,26,27,28,29,30,33). The molecular weight excluding hydrogens is 449 g/mol. The number of guanidine groups is 1. The Morgan fingerprint density at radius 3 is 2.45 bits per heavy atom. The number of nitrogens with zero attached hydrogens (tertiary/aromatic N) is 4. The van der Waals surface area contributed by atoms with Crippen LogP contribution in [0.5, 0.6) is 0 Å². The number of H-pyrrole nitrogens is 1. The quantitative estimate of drug-likeness (QED) is 0.299. The Morgan fingerprint density at radius 2 is 1.85 bits per heavy atom. The van der Waals surface area contributed by atoms with Crippen molar-refractivity contribution in [2.75, 3.05) is 11.9 Å². The van der Waals surface area contributed by atoms with E-state index in [-0.39, 0.29) is 35.5 Å². The molecule has 0 bridgehead atoms. The first-order chi connectivity index (χ1) is 15.4. The van der Waals surface area contributed by atoms with Gasteiger partial charge in [0.1, 0.15) is 11.6 Å². The summed E-state index contributed by atoms with van der Waals surface area (Å²) in [7, 11) is 1.26. The molecule has 3 rings (SSSR count). The first-order valence-electron chi connectivity index (χ1n) is 9.68. The molecule has 33 heavy (non-hydrogen) atoms. The van der Waals surface area contributed by atoms with Crippen molar-refractivity contribution in [3.05, 3.63) is 53.4 Å². The molecule has 2 heterocycles. The number of halogens is 5. The first kappa shape index (κ1) is 23.9. The second kappa shape index (κ2) is 9.38. The van der Waals surface area contributed by atoms with E-state index in [1.807, 2.05) is 13.8 Å². The summed E-state index contributed by atoms with van der Waals surface area (Å²) in [6.45, 7) is 3.96. The van der Waals surface area contributed by atoms with E-state index >= 15 is 0 Å². The van der Waals surface area contributed by atoms with Gasteiger partial charge in [0.2, 0.25) is 5.96 Å². The number of hydrogen-bond acceptors (Lipinski definition) is 4. The number of rotatable bonds is 5. The van der Waals surface area contributed by atoms with Crippen LogP contribution in [0.1, 0.15) is 29.9 Å². The van der Waals surface area contributed by atoms with E-state index in [0.29, 0.717) is 0 Å². The van der Waals surface area contributed by atoms with Gasteiger partial charge in [0.05, 0.1) is 11.3 Å². The van der Waals surface area contributed by atoms with Crippen LogP contribution in [0.15, 0.2) is 35.5 Å². The molecule has 0 atom stereocenters. The molecule has 0 radical (unpaired) electrons. The number of aliphatic imine (C=N–C) groups is 1. The van der Waals surface area contributed by atoms with Crippen LogP contribution in [0.3, 0.4) is 0 Å². The van der Waals surface area contributed by atoms with Gasteiger partial charge in [-0.15, -0.1) is 0 Å². The molecule has 0 aliphatic rings. The fourth-order valence-electron chi connectivity index (χ4n) is 2.79. The summed E-state index contributed by atoms with van der Waals surface area (Å²) in [5, 5.41) is 14.9. The minimum Gasteiger partial charge on any atom is -0.309 e. The fraction of sp³-hybridized carbons (Fsp3) is 0.300. The zero-order valence-electron chi connectivity index (χ0n) is 17.8. The van der Waals surface area contributed by atoms with E-state index in [1.54, 1.807) is 0 Å². The second-order valence-corrected chi connectivity index (χ2v) is 7.55. The normalized spacial score (nSPS) is 12.3. The highest BCUT2D eigenvalue weighted by Crippen LogP contribution is 2.30. The number of aromatic amines is 1. The molecule has 0 saturated carbocycles. The Morgan fingerprint density at radius 1 is 1.18 bits per heavy atom. The molecule has 3 N–H and O–H groups in total. The van der Waals surface area contributed by atoms with Crippen LogP contribution >= 0.6 is 0 Å². The van der Waals surface area contributed by atoms with Gasteiger partial charge in [-0.25, -0.2) is 8.78 Å². The highest BCUT2D eigenvalue weighted by molar-refractivity contribution is 6.10. The van der Waals surface area contributed by atoms with Gasteiger partial charge in [0.25, 0.3) is 5.91 Å². The lowest BCUT2D eigenvalue weighted by atomic mass is 10.1. The third kappa shape index (κ3) is 6.14. The summed E-state index contributed by atoms with van der Waals surface area (Å²) >= 11 is 0. The number of amides is 1. The third-order valence-corrected chi connectivity index (χ3v) is 4.19. The largest absolute Gasteiger partial charge is 0.435 e. The van der Waals surface area contributed by atoms with Gasteiger partial charge in [-0.1, -0.05) is 13.8 Å².